The van der Waals surface area contributed by atoms with E-state index < -0.39 is 0 Å². The highest BCUT2D eigenvalue weighted by Gasteiger charge is 2.13. The summed E-state index contributed by atoms with van der Waals surface area (Å²) in [7, 11) is 0. The van der Waals surface area contributed by atoms with Crippen LogP contribution in [-0.2, 0) is 6.54 Å². The van der Waals surface area contributed by atoms with Crippen LogP contribution in [-0.4, -0.2) is 16.0 Å². The Morgan fingerprint density at radius 3 is 2.79 bits per heavy atom. The van der Waals surface area contributed by atoms with Gasteiger partial charge >= 0.3 is 0 Å². The molecule has 0 unspecified atom stereocenters. The van der Waals surface area contributed by atoms with Crippen molar-refractivity contribution in [3.63, 3.8) is 0 Å². The zero-order valence-electron chi connectivity index (χ0n) is 10.7. The summed E-state index contributed by atoms with van der Waals surface area (Å²) in [5, 5.41) is 2.02. The number of ether oxygens (including phenoxy) is 1. The van der Waals surface area contributed by atoms with Gasteiger partial charge in [-0.3, -0.25) is 4.40 Å². The number of nitrogens with zero attached hydrogens (tertiary/aromatic N) is 2. The third-order valence-corrected chi connectivity index (χ3v) is 3.75. The summed E-state index contributed by atoms with van der Waals surface area (Å²) in [6.45, 7) is 3.12. The average Bonchev–Trinajstić information content (AvgIpc) is 3.00. The number of hydrogen-bond acceptors (Lipinski definition) is 4. The Morgan fingerprint density at radius 2 is 2.11 bits per heavy atom. The molecule has 0 radical (unpaired) electrons. The lowest BCUT2D eigenvalue weighted by Gasteiger charge is -2.05. The van der Waals surface area contributed by atoms with Crippen molar-refractivity contribution in [2.24, 2.45) is 5.73 Å². The van der Waals surface area contributed by atoms with Crippen LogP contribution in [0.4, 0.5) is 0 Å². The predicted molar refractivity (Wildman–Crippen MR) is 77.6 cm³/mol. The van der Waals surface area contributed by atoms with Crippen molar-refractivity contribution in [2.45, 2.75) is 13.5 Å². The summed E-state index contributed by atoms with van der Waals surface area (Å²) in [6.07, 6.45) is 2.01. The molecule has 2 N–H and O–H groups in total. The van der Waals surface area contributed by atoms with Gasteiger partial charge in [-0.1, -0.05) is 0 Å². The number of benzene rings is 1. The molecule has 5 heteroatoms. The molecule has 19 heavy (non-hydrogen) atoms. The number of thiazole rings is 1. The number of rotatable bonds is 4. The maximum Gasteiger partial charge on any atom is 0.194 e. The molecule has 0 aliphatic rings. The number of imidazole rings is 1. The zero-order valence-corrected chi connectivity index (χ0v) is 11.5. The third-order valence-electron chi connectivity index (χ3n) is 2.99. The van der Waals surface area contributed by atoms with Crippen molar-refractivity contribution in [3.8, 4) is 17.0 Å². The summed E-state index contributed by atoms with van der Waals surface area (Å²) >= 11 is 1.62. The lowest BCUT2D eigenvalue weighted by atomic mass is 10.1. The first-order valence-electron chi connectivity index (χ1n) is 6.21. The van der Waals surface area contributed by atoms with E-state index in [1.54, 1.807) is 11.3 Å². The van der Waals surface area contributed by atoms with Gasteiger partial charge < -0.3 is 10.5 Å². The minimum absolute atomic E-state index is 0.473. The number of aromatic nitrogens is 2. The van der Waals surface area contributed by atoms with E-state index in [0.717, 1.165) is 27.7 Å². The first-order chi connectivity index (χ1) is 9.33. The molecule has 2 aromatic heterocycles. The van der Waals surface area contributed by atoms with E-state index >= 15 is 0 Å². The fourth-order valence-electron chi connectivity index (χ4n) is 2.13. The highest BCUT2D eigenvalue weighted by atomic mass is 32.1. The monoisotopic (exact) mass is 273 g/mol. The van der Waals surface area contributed by atoms with Gasteiger partial charge in [0.25, 0.3) is 0 Å². The maximum absolute atomic E-state index is 5.85. The summed E-state index contributed by atoms with van der Waals surface area (Å²) in [6, 6.07) is 7.98. The topological polar surface area (TPSA) is 52.5 Å². The van der Waals surface area contributed by atoms with Crippen molar-refractivity contribution < 1.29 is 4.74 Å². The van der Waals surface area contributed by atoms with Crippen molar-refractivity contribution >= 4 is 16.3 Å². The van der Waals surface area contributed by atoms with Crippen LogP contribution in [0.1, 0.15) is 12.6 Å². The van der Waals surface area contributed by atoms with Crippen LogP contribution in [0.3, 0.4) is 0 Å². The van der Waals surface area contributed by atoms with Crippen molar-refractivity contribution in [3.05, 3.63) is 41.5 Å². The average molecular weight is 273 g/mol. The Labute approximate surface area is 115 Å². The van der Waals surface area contributed by atoms with Crippen molar-refractivity contribution in [2.75, 3.05) is 6.61 Å². The van der Waals surface area contributed by atoms with Gasteiger partial charge in [-0.2, -0.15) is 0 Å². The van der Waals surface area contributed by atoms with Gasteiger partial charge in [0.15, 0.2) is 4.96 Å². The van der Waals surface area contributed by atoms with Gasteiger partial charge in [0.05, 0.1) is 18.0 Å². The van der Waals surface area contributed by atoms with Gasteiger partial charge in [-0.15, -0.1) is 11.3 Å². The standard InChI is InChI=1S/C14H15N3OS/c1-2-18-11-5-3-10(4-6-11)13-12(9-15)17-7-8-19-14(17)16-13/h3-8H,2,9,15H2,1H3. The smallest absolute Gasteiger partial charge is 0.194 e. The molecule has 2 heterocycles. The summed E-state index contributed by atoms with van der Waals surface area (Å²) in [4.78, 5) is 5.63. The van der Waals surface area contributed by atoms with Crippen LogP contribution < -0.4 is 10.5 Å². The molecule has 0 spiro atoms. The maximum atomic E-state index is 5.85. The zero-order chi connectivity index (χ0) is 13.2. The van der Waals surface area contributed by atoms with Gasteiger partial charge in [0, 0.05) is 23.7 Å². The molecule has 3 rings (SSSR count). The van der Waals surface area contributed by atoms with Crippen LogP contribution in [0.2, 0.25) is 0 Å². The second-order valence-electron chi connectivity index (χ2n) is 4.12. The largest absolute Gasteiger partial charge is 0.494 e. The fourth-order valence-corrected chi connectivity index (χ4v) is 2.87. The molecule has 0 aliphatic heterocycles. The first-order valence-corrected chi connectivity index (χ1v) is 7.09. The lowest BCUT2D eigenvalue weighted by Crippen LogP contribution is -2.01. The highest BCUT2D eigenvalue weighted by molar-refractivity contribution is 7.15. The number of nitrogens with two attached hydrogens (primary N) is 1. The fraction of sp³-hybridized carbons (Fsp3) is 0.214. The minimum Gasteiger partial charge on any atom is -0.494 e. The molecular formula is C14H15N3OS. The Bertz CT molecular complexity index is 684. The van der Waals surface area contributed by atoms with Crippen molar-refractivity contribution in [1.29, 1.82) is 0 Å². The molecule has 0 saturated heterocycles. The Balaban J connectivity index is 2.05. The summed E-state index contributed by atoms with van der Waals surface area (Å²) in [5.41, 5.74) is 8.92. The van der Waals surface area contributed by atoms with E-state index in [-0.39, 0.29) is 0 Å². The molecule has 0 fully saturated rings. The van der Waals surface area contributed by atoms with Crippen LogP contribution in [0.15, 0.2) is 35.8 Å². The third kappa shape index (κ3) is 2.11. The Hall–Kier alpha value is -1.85. The van der Waals surface area contributed by atoms with Gasteiger partial charge in [-0.05, 0) is 31.2 Å². The van der Waals surface area contributed by atoms with Crippen LogP contribution >= 0.6 is 11.3 Å². The first kappa shape index (κ1) is 12.2. The molecule has 1 aromatic carbocycles. The molecule has 0 amide bonds. The summed E-state index contributed by atoms with van der Waals surface area (Å²) < 4.78 is 7.50. The molecule has 0 bridgehead atoms. The van der Waals surface area contributed by atoms with E-state index in [1.165, 1.54) is 0 Å². The number of hydrogen-bond donors (Lipinski definition) is 1. The SMILES string of the molecule is CCOc1ccc(-c2nc3sccn3c2CN)cc1. The van der Waals surface area contributed by atoms with Crippen molar-refractivity contribution in [1.82, 2.24) is 9.38 Å². The van der Waals surface area contributed by atoms with Gasteiger partial charge in [0.1, 0.15) is 5.75 Å². The second kappa shape index (κ2) is 5.03. The molecule has 4 nitrogen and oxygen atoms in total. The molecule has 98 valence electrons. The summed E-state index contributed by atoms with van der Waals surface area (Å²) in [5.74, 6) is 0.876. The van der Waals surface area contributed by atoms with Gasteiger partial charge in [0.2, 0.25) is 0 Å². The Morgan fingerprint density at radius 1 is 1.32 bits per heavy atom. The highest BCUT2D eigenvalue weighted by Crippen LogP contribution is 2.27. The predicted octanol–water partition coefficient (Wildman–Crippen LogP) is 2.92. The van der Waals surface area contributed by atoms with E-state index in [4.69, 9.17) is 10.5 Å². The second-order valence-corrected chi connectivity index (χ2v) is 5.00. The molecule has 0 saturated carbocycles. The van der Waals surface area contributed by atoms with E-state index in [9.17, 15) is 0 Å². The molecule has 0 atom stereocenters. The van der Waals surface area contributed by atoms with Crippen LogP contribution in [0, 0.1) is 0 Å². The lowest BCUT2D eigenvalue weighted by molar-refractivity contribution is 0.340. The van der Waals surface area contributed by atoms with E-state index in [2.05, 4.69) is 9.38 Å². The van der Waals surface area contributed by atoms with Crippen LogP contribution in [0.25, 0.3) is 16.2 Å². The molecule has 0 aliphatic carbocycles. The number of fused-ring (bicyclic) bond motifs is 1. The Kier molecular flexibility index (Phi) is 3.23. The normalized spacial score (nSPS) is 11.1. The van der Waals surface area contributed by atoms with Crippen LogP contribution in [0.5, 0.6) is 5.75 Å². The minimum atomic E-state index is 0.473. The van der Waals surface area contributed by atoms with E-state index in [1.807, 2.05) is 42.8 Å². The van der Waals surface area contributed by atoms with E-state index in [0.29, 0.717) is 13.2 Å². The van der Waals surface area contributed by atoms with Gasteiger partial charge in [-0.25, -0.2) is 4.98 Å². The molecular weight excluding hydrogens is 258 g/mol. The quantitative estimate of drug-likeness (QED) is 0.795. The molecule has 3 aromatic rings.